The quantitative estimate of drug-likeness (QED) is 0.877. The van der Waals surface area contributed by atoms with Crippen molar-refractivity contribution in [2.24, 2.45) is 0 Å². The first-order chi connectivity index (χ1) is 8.17. The van der Waals surface area contributed by atoms with Gasteiger partial charge in [0.25, 0.3) is 5.91 Å². The monoisotopic (exact) mass is 231 g/mol. The highest BCUT2D eigenvalue weighted by Gasteiger charge is 2.15. The van der Waals surface area contributed by atoms with Gasteiger partial charge in [-0.1, -0.05) is 6.92 Å². The number of hydrogen-bond donors (Lipinski definition) is 1. The Balaban J connectivity index is 2.66. The summed E-state index contributed by atoms with van der Waals surface area (Å²) in [6.45, 7) is 4.12. The molecule has 0 fully saturated rings. The predicted molar refractivity (Wildman–Crippen MR) is 67.3 cm³/mol. The van der Waals surface area contributed by atoms with Gasteiger partial charge in [-0.2, -0.15) is 0 Å². The first-order valence-electron chi connectivity index (χ1n) is 5.87. The van der Waals surface area contributed by atoms with Crippen LogP contribution in [0.3, 0.4) is 0 Å². The molecule has 1 N–H and O–H groups in total. The van der Waals surface area contributed by atoms with E-state index in [9.17, 15) is 4.79 Å². The van der Waals surface area contributed by atoms with Crippen LogP contribution in [-0.2, 0) is 6.42 Å². The van der Waals surface area contributed by atoms with Crippen LogP contribution in [0.5, 0.6) is 0 Å². The van der Waals surface area contributed by atoms with E-state index in [1.807, 2.05) is 29.7 Å². The van der Waals surface area contributed by atoms with Gasteiger partial charge in [-0.05, 0) is 31.0 Å². The van der Waals surface area contributed by atoms with Crippen molar-refractivity contribution in [3.8, 4) is 0 Å². The molecule has 0 aliphatic heterocycles. The molecule has 1 amide bonds. The van der Waals surface area contributed by atoms with E-state index in [2.05, 4.69) is 17.2 Å². The van der Waals surface area contributed by atoms with Crippen LogP contribution in [0.4, 0.5) is 0 Å². The average Bonchev–Trinajstić information content (AvgIpc) is 2.67. The predicted octanol–water partition coefficient (Wildman–Crippen LogP) is 1.95. The van der Waals surface area contributed by atoms with Crippen LogP contribution in [-0.4, -0.2) is 22.3 Å². The van der Waals surface area contributed by atoms with Crippen molar-refractivity contribution in [3.05, 3.63) is 35.4 Å². The van der Waals surface area contributed by atoms with Crippen molar-refractivity contribution >= 4 is 11.4 Å². The number of hydrogen-bond acceptors (Lipinski definition) is 2. The molecule has 0 unspecified atom stereocenters. The second kappa shape index (κ2) is 4.57. The van der Waals surface area contributed by atoms with Gasteiger partial charge in [0.1, 0.15) is 5.82 Å². The molecular weight excluding hydrogens is 214 g/mol. The summed E-state index contributed by atoms with van der Waals surface area (Å²) in [7, 11) is 1.63. The minimum Gasteiger partial charge on any atom is -0.354 e. The topological polar surface area (TPSA) is 46.4 Å². The molecule has 2 aromatic heterocycles. The third-order valence-electron chi connectivity index (χ3n) is 2.79. The number of carbonyl (C=O) groups is 1. The number of aryl methyl sites for hydroxylation is 2. The standard InChI is InChI=1S/C13H17N3O/c1-4-5-11-15-12(13(17)14-3)10-8-9(2)6-7-16(10)11/h6-8H,4-5H2,1-3H3,(H,14,17). The number of imidazole rings is 1. The van der Waals surface area contributed by atoms with Crippen LogP contribution in [0, 0.1) is 6.92 Å². The number of fused-ring (bicyclic) bond motifs is 1. The Morgan fingerprint density at radius 2 is 2.29 bits per heavy atom. The van der Waals surface area contributed by atoms with E-state index in [1.165, 1.54) is 0 Å². The molecule has 0 aliphatic rings. The summed E-state index contributed by atoms with van der Waals surface area (Å²) in [4.78, 5) is 16.2. The molecular formula is C13H17N3O. The summed E-state index contributed by atoms with van der Waals surface area (Å²) in [6, 6.07) is 4.03. The highest BCUT2D eigenvalue weighted by atomic mass is 16.1. The Hall–Kier alpha value is -1.84. The summed E-state index contributed by atoms with van der Waals surface area (Å²) < 4.78 is 2.00. The van der Waals surface area contributed by atoms with Gasteiger partial charge >= 0.3 is 0 Å². The highest BCUT2D eigenvalue weighted by Crippen LogP contribution is 2.16. The van der Waals surface area contributed by atoms with Gasteiger partial charge in [0, 0.05) is 19.7 Å². The van der Waals surface area contributed by atoms with Gasteiger partial charge in [0.2, 0.25) is 0 Å². The normalized spacial score (nSPS) is 10.8. The molecule has 0 radical (unpaired) electrons. The number of nitrogens with zero attached hydrogens (tertiary/aromatic N) is 2. The van der Waals surface area contributed by atoms with Gasteiger partial charge in [-0.15, -0.1) is 0 Å². The summed E-state index contributed by atoms with van der Waals surface area (Å²) in [5.41, 5.74) is 2.53. The highest BCUT2D eigenvalue weighted by molar-refractivity contribution is 5.99. The molecule has 2 aromatic rings. The fourth-order valence-electron chi connectivity index (χ4n) is 1.94. The van der Waals surface area contributed by atoms with E-state index in [4.69, 9.17) is 0 Å². The third-order valence-corrected chi connectivity index (χ3v) is 2.79. The van der Waals surface area contributed by atoms with E-state index in [-0.39, 0.29) is 5.91 Å². The number of rotatable bonds is 3. The van der Waals surface area contributed by atoms with Crippen molar-refractivity contribution in [1.29, 1.82) is 0 Å². The first-order valence-corrected chi connectivity index (χ1v) is 5.87. The van der Waals surface area contributed by atoms with E-state index in [0.29, 0.717) is 5.69 Å². The van der Waals surface area contributed by atoms with Crippen molar-refractivity contribution < 1.29 is 4.79 Å². The van der Waals surface area contributed by atoms with Crippen molar-refractivity contribution in [3.63, 3.8) is 0 Å². The maximum atomic E-state index is 11.8. The molecule has 0 spiro atoms. The lowest BCUT2D eigenvalue weighted by molar-refractivity contribution is 0.0960. The van der Waals surface area contributed by atoms with E-state index < -0.39 is 0 Å². The second-order valence-electron chi connectivity index (χ2n) is 4.17. The van der Waals surface area contributed by atoms with Gasteiger partial charge in [-0.3, -0.25) is 4.79 Å². The van der Waals surface area contributed by atoms with Crippen molar-refractivity contribution in [1.82, 2.24) is 14.7 Å². The SMILES string of the molecule is CCCc1nc(C(=O)NC)c2cc(C)ccn12. The summed E-state index contributed by atoms with van der Waals surface area (Å²) >= 11 is 0. The van der Waals surface area contributed by atoms with Crippen LogP contribution in [0.2, 0.25) is 0 Å². The smallest absolute Gasteiger partial charge is 0.271 e. The molecule has 4 nitrogen and oxygen atoms in total. The second-order valence-corrected chi connectivity index (χ2v) is 4.17. The minimum absolute atomic E-state index is 0.129. The number of amides is 1. The molecule has 0 aliphatic carbocycles. The van der Waals surface area contributed by atoms with Gasteiger partial charge in [0.15, 0.2) is 5.69 Å². The molecule has 17 heavy (non-hydrogen) atoms. The van der Waals surface area contributed by atoms with Crippen LogP contribution in [0.15, 0.2) is 18.3 Å². The third kappa shape index (κ3) is 2.02. The molecule has 0 saturated carbocycles. The molecule has 0 bridgehead atoms. The summed E-state index contributed by atoms with van der Waals surface area (Å²) in [5, 5.41) is 2.63. The van der Waals surface area contributed by atoms with Gasteiger partial charge < -0.3 is 9.72 Å². The maximum absolute atomic E-state index is 11.8. The van der Waals surface area contributed by atoms with E-state index in [1.54, 1.807) is 7.05 Å². The average molecular weight is 231 g/mol. The van der Waals surface area contributed by atoms with E-state index in [0.717, 1.165) is 29.7 Å². The number of aromatic nitrogens is 2. The summed E-state index contributed by atoms with van der Waals surface area (Å²) in [6.07, 6.45) is 3.87. The zero-order chi connectivity index (χ0) is 12.4. The zero-order valence-electron chi connectivity index (χ0n) is 10.4. The lowest BCUT2D eigenvalue weighted by Crippen LogP contribution is -2.18. The van der Waals surface area contributed by atoms with Crippen LogP contribution < -0.4 is 5.32 Å². The molecule has 4 heteroatoms. The lowest BCUT2D eigenvalue weighted by atomic mass is 10.2. The molecule has 0 atom stereocenters. The fraction of sp³-hybridized carbons (Fsp3) is 0.385. The van der Waals surface area contributed by atoms with Crippen molar-refractivity contribution in [2.45, 2.75) is 26.7 Å². The Kier molecular flexibility index (Phi) is 3.13. The number of carbonyl (C=O) groups excluding carboxylic acids is 1. The van der Waals surface area contributed by atoms with E-state index >= 15 is 0 Å². The Bertz CT molecular complexity index is 557. The Morgan fingerprint density at radius 3 is 2.94 bits per heavy atom. The lowest BCUT2D eigenvalue weighted by Gasteiger charge is -2.00. The molecule has 0 aromatic carbocycles. The van der Waals surface area contributed by atoms with Crippen LogP contribution in [0.25, 0.3) is 5.52 Å². The van der Waals surface area contributed by atoms with Gasteiger partial charge in [-0.25, -0.2) is 4.98 Å². The molecule has 2 heterocycles. The zero-order valence-corrected chi connectivity index (χ0v) is 10.4. The summed E-state index contributed by atoms with van der Waals surface area (Å²) in [5.74, 6) is 0.816. The largest absolute Gasteiger partial charge is 0.354 e. The Labute approximate surface area is 101 Å². The Morgan fingerprint density at radius 1 is 1.53 bits per heavy atom. The molecule has 2 rings (SSSR count). The van der Waals surface area contributed by atoms with Crippen LogP contribution in [0.1, 0.15) is 35.2 Å². The molecule has 0 saturated heterocycles. The number of nitrogens with one attached hydrogen (secondary N) is 1. The maximum Gasteiger partial charge on any atom is 0.271 e. The van der Waals surface area contributed by atoms with Crippen molar-refractivity contribution in [2.75, 3.05) is 7.05 Å². The minimum atomic E-state index is -0.129. The number of pyridine rings is 1. The van der Waals surface area contributed by atoms with Crippen LogP contribution >= 0.6 is 0 Å². The first kappa shape index (κ1) is 11.6. The van der Waals surface area contributed by atoms with Gasteiger partial charge in [0.05, 0.1) is 5.52 Å². The fourth-order valence-corrected chi connectivity index (χ4v) is 1.94. The molecule has 90 valence electrons.